The van der Waals surface area contributed by atoms with Crippen LogP contribution in [0.5, 0.6) is 0 Å². The van der Waals surface area contributed by atoms with Crippen LogP contribution in [0.3, 0.4) is 0 Å². The summed E-state index contributed by atoms with van der Waals surface area (Å²) >= 11 is 0. The van der Waals surface area contributed by atoms with Gasteiger partial charge in [-0.05, 0) is 25.2 Å². The summed E-state index contributed by atoms with van der Waals surface area (Å²) in [6.07, 6.45) is 2.76. The Bertz CT molecular complexity index is 306. The minimum Gasteiger partial charge on any atom is -0.480 e. The molecule has 18 heavy (non-hydrogen) atoms. The average Bonchev–Trinajstić information content (AvgIpc) is 2.72. The largest absolute Gasteiger partial charge is 0.480 e. The van der Waals surface area contributed by atoms with E-state index in [4.69, 9.17) is 9.84 Å². The van der Waals surface area contributed by atoms with E-state index in [1.807, 2.05) is 0 Å². The molecule has 0 spiro atoms. The monoisotopic (exact) mass is 258 g/mol. The molecule has 0 aromatic carbocycles. The summed E-state index contributed by atoms with van der Waals surface area (Å²) < 4.78 is 5.21. The molecular weight excluding hydrogens is 236 g/mol. The lowest BCUT2D eigenvalue weighted by Gasteiger charge is -2.20. The van der Waals surface area contributed by atoms with E-state index in [2.05, 4.69) is 10.6 Å². The number of carbonyl (C=O) groups is 2. The molecule has 104 valence electrons. The Morgan fingerprint density at radius 3 is 2.44 bits per heavy atom. The third-order valence-electron chi connectivity index (χ3n) is 3.27. The maximum absolute atomic E-state index is 11.7. The SMILES string of the molecule is COC1CCC(NC(=O)N[C@H](C(=O)O)C(C)C)C1. The van der Waals surface area contributed by atoms with E-state index >= 15 is 0 Å². The second kappa shape index (κ2) is 6.58. The number of carbonyl (C=O) groups excluding carboxylic acids is 1. The molecular formula is C12H22N2O4. The zero-order valence-corrected chi connectivity index (χ0v) is 11.1. The third kappa shape index (κ3) is 4.18. The Morgan fingerprint density at radius 1 is 1.33 bits per heavy atom. The van der Waals surface area contributed by atoms with Gasteiger partial charge in [-0.3, -0.25) is 0 Å². The highest BCUT2D eigenvalue weighted by atomic mass is 16.5. The molecule has 6 heteroatoms. The summed E-state index contributed by atoms with van der Waals surface area (Å²) in [4.78, 5) is 22.6. The third-order valence-corrected chi connectivity index (χ3v) is 3.27. The molecule has 2 unspecified atom stereocenters. The highest BCUT2D eigenvalue weighted by Crippen LogP contribution is 2.21. The fourth-order valence-corrected chi connectivity index (χ4v) is 2.17. The van der Waals surface area contributed by atoms with Crippen molar-refractivity contribution in [2.75, 3.05) is 7.11 Å². The van der Waals surface area contributed by atoms with Gasteiger partial charge in [0.2, 0.25) is 0 Å². The highest BCUT2D eigenvalue weighted by Gasteiger charge is 2.28. The van der Waals surface area contributed by atoms with E-state index in [1.54, 1.807) is 21.0 Å². The van der Waals surface area contributed by atoms with Gasteiger partial charge >= 0.3 is 12.0 Å². The van der Waals surface area contributed by atoms with Crippen LogP contribution in [0.4, 0.5) is 4.79 Å². The van der Waals surface area contributed by atoms with Crippen LogP contribution in [-0.2, 0) is 9.53 Å². The summed E-state index contributed by atoms with van der Waals surface area (Å²) in [5, 5.41) is 14.2. The molecule has 1 aliphatic rings. The van der Waals surface area contributed by atoms with E-state index in [1.165, 1.54) is 0 Å². The maximum atomic E-state index is 11.7. The normalized spacial score (nSPS) is 24.9. The van der Waals surface area contributed by atoms with Crippen LogP contribution in [0.25, 0.3) is 0 Å². The maximum Gasteiger partial charge on any atom is 0.326 e. The lowest BCUT2D eigenvalue weighted by molar-refractivity contribution is -0.140. The molecule has 6 nitrogen and oxygen atoms in total. The summed E-state index contributed by atoms with van der Waals surface area (Å²) in [6, 6.07) is -1.21. The standard InChI is InChI=1S/C12H22N2O4/c1-7(2)10(11(15)16)14-12(17)13-8-4-5-9(6-8)18-3/h7-10H,4-6H2,1-3H3,(H,15,16)(H2,13,14,17)/t8?,9?,10-/m0/s1. The number of hydrogen-bond donors (Lipinski definition) is 3. The van der Waals surface area contributed by atoms with Crippen LogP contribution in [0.15, 0.2) is 0 Å². The topological polar surface area (TPSA) is 87.7 Å². The molecule has 2 amide bonds. The number of carboxylic acids is 1. The highest BCUT2D eigenvalue weighted by molar-refractivity contribution is 5.82. The molecule has 0 bridgehead atoms. The second-order valence-electron chi connectivity index (χ2n) is 5.05. The predicted molar refractivity (Wildman–Crippen MR) is 66.4 cm³/mol. The smallest absolute Gasteiger partial charge is 0.326 e. The summed E-state index contributed by atoms with van der Waals surface area (Å²) in [5.74, 6) is -1.16. The average molecular weight is 258 g/mol. The van der Waals surface area contributed by atoms with Crippen molar-refractivity contribution in [3.8, 4) is 0 Å². The molecule has 1 rings (SSSR count). The summed E-state index contributed by atoms with van der Waals surface area (Å²) in [6.45, 7) is 3.52. The minimum absolute atomic E-state index is 0.0663. The van der Waals surface area contributed by atoms with Crippen molar-refractivity contribution in [3.63, 3.8) is 0 Å². The number of methoxy groups -OCH3 is 1. The molecule has 0 aliphatic heterocycles. The second-order valence-corrected chi connectivity index (χ2v) is 5.05. The molecule has 1 fully saturated rings. The molecule has 0 aromatic rings. The van der Waals surface area contributed by atoms with E-state index in [0.717, 1.165) is 19.3 Å². The van der Waals surface area contributed by atoms with Gasteiger partial charge in [0.1, 0.15) is 6.04 Å². The fourth-order valence-electron chi connectivity index (χ4n) is 2.17. The van der Waals surface area contributed by atoms with Crippen molar-refractivity contribution in [2.45, 2.75) is 51.3 Å². The summed E-state index contributed by atoms with van der Waals surface area (Å²) in [7, 11) is 1.66. The zero-order chi connectivity index (χ0) is 13.7. The zero-order valence-electron chi connectivity index (χ0n) is 11.1. The van der Waals surface area contributed by atoms with Crippen molar-refractivity contribution in [2.24, 2.45) is 5.92 Å². The van der Waals surface area contributed by atoms with E-state index in [-0.39, 0.29) is 18.1 Å². The Balaban J connectivity index is 2.39. The molecule has 0 saturated heterocycles. The number of urea groups is 1. The van der Waals surface area contributed by atoms with E-state index < -0.39 is 18.0 Å². The van der Waals surface area contributed by atoms with Gasteiger partial charge in [0.05, 0.1) is 6.10 Å². The van der Waals surface area contributed by atoms with Crippen molar-refractivity contribution in [1.29, 1.82) is 0 Å². The number of carboxylic acid groups (broad SMARTS) is 1. The van der Waals surface area contributed by atoms with Gasteiger partial charge in [0, 0.05) is 13.2 Å². The molecule has 3 atom stereocenters. The fraction of sp³-hybridized carbons (Fsp3) is 0.833. The van der Waals surface area contributed by atoms with E-state index in [0.29, 0.717) is 0 Å². The van der Waals surface area contributed by atoms with Gasteiger partial charge in [-0.25, -0.2) is 9.59 Å². The summed E-state index contributed by atoms with van der Waals surface area (Å²) in [5.41, 5.74) is 0. The first kappa shape index (κ1) is 14.8. The quantitative estimate of drug-likeness (QED) is 0.685. The van der Waals surface area contributed by atoms with Crippen molar-refractivity contribution in [3.05, 3.63) is 0 Å². The van der Waals surface area contributed by atoms with Gasteiger partial charge in [-0.1, -0.05) is 13.8 Å². The number of amides is 2. The van der Waals surface area contributed by atoms with Crippen LogP contribution in [0.1, 0.15) is 33.1 Å². The Labute approximate surface area is 107 Å². The van der Waals surface area contributed by atoms with Crippen molar-refractivity contribution in [1.82, 2.24) is 10.6 Å². The van der Waals surface area contributed by atoms with Crippen molar-refractivity contribution < 1.29 is 19.4 Å². The number of hydrogen-bond acceptors (Lipinski definition) is 3. The molecule has 0 radical (unpaired) electrons. The van der Waals surface area contributed by atoms with Crippen LogP contribution in [0, 0.1) is 5.92 Å². The Morgan fingerprint density at radius 2 is 2.00 bits per heavy atom. The first-order chi connectivity index (χ1) is 8.43. The van der Waals surface area contributed by atoms with Gasteiger partial charge in [-0.2, -0.15) is 0 Å². The van der Waals surface area contributed by atoms with Crippen LogP contribution in [-0.4, -0.2) is 42.4 Å². The van der Waals surface area contributed by atoms with Crippen LogP contribution < -0.4 is 10.6 Å². The van der Waals surface area contributed by atoms with Crippen LogP contribution in [0.2, 0.25) is 0 Å². The number of rotatable bonds is 5. The minimum atomic E-state index is -1.01. The molecule has 0 aromatic heterocycles. The molecule has 0 heterocycles. The van der Waals surface area contributed by atoms with Gasteiger partial charge in [0.25, 0.3) is 0 Å². The number of aliphatic carboxylic acids is 1. The lowest BCUT2D eigenvalue weighted by Crippen LogP contribution is -2.50. The van der Waals surface area contributed by atoms with E-state index in [9.17, 15) is 9.59 Å². The number of ether oxygens (including phenoxy) is 1. The Hall–Kier alpha value is -1.30. The molecule has 1 saturated carbocycles. The molecule has 3 N–H and O–H groups in total. The van der Waals surface area contributed by atoms with Gasteiger partial charge in [0.15, 0.2) is 0 Å². The number of nitrogens with one attached hydrogen (secondary N) is 2. The Kier molecular flexibility index (Phi) is 5.40. The predicted octanol–water partition coefficient (Wildman–Crippen LogP) is 0.962. The van der Waals surface area contributed by atoms with Gasteiger partial charge in [-0.15, -0.1) is 0 Å². The van der Waals surface area contributed by atoms with Crippen LogP contribution >= 0.6 is 0 Å². The molecule has 1 aliphatic carbocycles. The van der Waals surface area contributed by atoms with Gasteiger partial charge < -0.3 is 20.5 Å². The lowest BCUT2D eigenvalue weighted by atomic mass is 10.1. The van der Waals surface area contributed by atoms with Crippen molar-refractivity contribution >= 4 is 12.0 Å². The first-order valence-corrected chi connectivity index (χ1v) is 6.26. The first-order valence-electron chi connectivity index (χ1n) is 6.26.